The van der Waals surface area contributed by atoms with Gasteiger partial charge in [0.15, 0.2) is 0 Å². The number of hydrogen-bond acceptors (Lipinski definition) is 4. The topological polar surface area (TPSA) is 99.1 Å². The lowest BCUT2D eigenvalue weighted by Crippen LogP contribution is -2.29. The van der Waals surface area contributed by atoms with Crippen LogP contribution in [0.15, 0.2) is 23.1 Å². The number of sulfonamides is 1. The number of nitrogens with zero attached hydrogens (tertiary/aromatic N) is 1. The fourth-order valence-corrected chi connectivity index (χ4v) is 2.84. The molecule has 1 aromatic carbocycles. The van der Waals surface area contributed by atoms with Crippen molar-refractivity contribution >= 4 is 27.5 Å². The maximum atomic E-state index is 12.0. The Hall–Kier alpha value is -1.62. The Morgan fingerprint density at radius 1 is 1.47 bits per heavy atom. The zero-order chi connectivity index (χ0) is 14.5. The monoisotopic (exact) mass is 301 g/mol. The van der Waals surface area contributed by atoms with Gasteiger partial charge >= 0.3 is 0 Å². The molecule has 0 aliphatic rings. The number of hydrogen-bond donors (Lipinski definition) is 2. The molecule has 0 aromatic heterocycles. The third-order valence-corrected chi connectivity index (χ3v) is 4.22. The molecule has 0 aliphatic heterocycles. The molecular formula is C11H12ClN3O3S. The molecule has 1 rings (SSSR count). The smallest absolute Gasteiger partial charge is 0.242 e. The van der Waals surface area contributed by atoms with Gasteiger partial charge in [0.25, 0.3) is 0 Å². The number of benzene rings is 1. The number of nitrogens with one attached hydrogen (secondary N) is 2. The van der Waals surface area contributed by atoms with Gasteiger partial charge in [0.1, 0.15) is 4.90 Å². The molecule has 0 bridgehead atoms. The molecule has 1 aromatic rings. The van der Waals surface area contributed by atoms with Crippen LogP contribution in [0.4, 0.5) is 0 Å². The average Bonchev–Trinajstić information content (AvgIpc) is 2.38. The van der Waals surface area contributed by atoms with E-state index in [2.05, 4.69) is 10.0 Å². The summed E-state index contributed by atoms with van der Waals surface area (Å²) < 4.78 is 26.2. The van der Waals surface area contributed by atoms with Crippen LogP contribution >= 0.6 is 11.6 Å². The number of amides is 1. The van der Waals surface area contributed by atoms with E-state index in [0.717, 1.165) is 0 Å². The van der Waals surface area contributed by atoms with Crippen LogP contribution in [0.1, 0.15) is 12.0 Å². The van der Waals surface area contributed by atoms with E-state index in [9.17, 15) is 13.2 Å². The first-order valence-corrected chi connectivity index (χ1v) is 7.16. The molecule has 6 nitrogen and oxygen atoms in total. The Balaban J connectivity index is 2.89. The van der Waals surface area contributed by atoms with Crippen LogP contribution in [-0.2, 0) is 14.8 Å². The largest absolute Gasteiger partial charge is 0.359 e. The van der Waals surface area contributed by atoms with E-state index in [0.29, 0.717) is 0 Å². The fraction of sp³-hybridized carbons (Fsp3) is 0.273. The highest BCUT2D eigenvalue weighted by molar-refractivity contribution is 7.89. The Morgan fingerprint density at radius 3 is 2.74 bits per heavy atom. The van der Waals surface area contributed by atoms with Crippen molar-refractivity contribution < 1.29 is 13.2 Å². The van der Waals surface area contributed by atoms with E-state index in [1.54, 1.807) is 0 Å². The van der Waals surface area contributed by atoms with Crippen LogP contribution in [0.5, 0.6) is 0 Å². The quantitative estimate of drug-likeness (QED) is 0.833. The zero-order valence-electron chi connectivity index (χ0n) is 10.1. The van der Waals surface area contributed by atoms with Crippen molar-refractivity contribution in [3.05, 3.63) is 28.8 Å². The molecule has 0 aliphatic carbocycles. The maximum absolute atomic E-state index is 12.0. The minimum Gasteiger partial charge on any atom is -0.359 e. The Kier molecular flexibility index (Phi) is 5.30. The van der Waals surface area contributed by atoms with Crippen LogP contribution in [0, 0.1) is 11.3 Å². The SMILES string of the molecule is CNC(=O)CCNS(=O)(=O)c1cc(C#N)ccc1Cl. The summed E-state index contributed by atoms with van der Waals surface area (Å²) in [7, 11) is -2.38. The lowest BCUT2D eigenvalue weighted by Gasteiger charge is -2.08. The molecule has 0 spiro atoms. The number of halogens is 1. The first-order valence-electron chi connectivity index (χ1n) is 5.30. The van der Waals surface area contributed by atoms with E-state index >= 15 is 0 Å². The Morgan fingerprint density at radius 2 is 2.16 bits per heavy atom. The molecule has 0 radical (unpaired) electrons. The third-order valence-electron chi connectivity index (χ3n) is 2.27. The van der Waals surface area contributed by atoms with Crippen molar-refractivity contribution in [3.63, 3.8) is 0 Å². The highest BCUT2D eigenvalue weighted by atomic mass is 35.5. The summed E-state index contributed by atoms with van der Waals surface area (Å²) >= 11 is 5.80. The van der Waals surface area contributed by atoms with Gasteiger partial charge in [-0.25, -0.2) is 13.1 Å². The van der Waals surface area contributed by atoms with E-state index in [4.69, 9.17) is 16.9 Å². The molecule has 0 fully saturated rings. The van der Waals surface area contributed by atoms with Gasteiger partial charge < -0.3 is 5.32 Å². The lowest BCUT2D eigenvalue weighted by molar-refractivity contribution is -0.120. The molecule has 0 atom stereocenters. The number of carbonyl (C=O) groups is 1. The summed E-state index contributed by atoms with van der Waals surface area (Å²) in [4.78, 5) is 10.8. The first kappa shape index (κ1) is 15.4. The normalized spacial score (nSPS) is 10.8. The van der Waals surface area contributed by atoms with E-state index < -0.39 is 10.0 Å². The van der Waals surface area contributed by atoms with Gasteiger partial charge in [-0.2, -0.15) is 5.26 Å². The van der Waals surface area contributed by atoms with E-state index in [1.807, 2.05) is 6.07 Å². The summed E-state index contributed by atoms with van der Waals surface area (Å²) in [5, 5.41) is 11.1. The molecule has 0 saturated carbocycles. The van der Waals surface area contributed by atoms with Gasteiger partial charge in [-0.05, 0) is 18.2 Å². The van der Waals surface area contributed by atoms with Crippen LogP contribution in [0.2, 0.25) is 5.02 Å². The first-order chi connectivity index (χ1) is 8.90. The summed E-state index contributed by atoms with van der Waals surface area (Å²) in [6.45, 7) is -0.0465. The van der Waals surface area contributed by atoms with Crippen LogP contribution < -0.4 is 10.0 Å². The predicted octanol–water partition coefficient (Wildman–Crippen LogP) is 0.626. The standard InChI is InChI=1S/C11H12ClN3O3S/c1-14-11(16)4-5-15-19(17,18)10-6-8(7-13)2-3-9(10)12/h2-3,6,15H,4-5H2,1H3,(H,14,16). The second-order valence-corrected chi connectivity index (χ2v) is 5.72. The van der Waals surface area contributed by atoms with Crippen molar-refractivity contribution in [2.75, 3.05) is 13.6 Å². The second kappa shape index (κ2) is 6.52. The van der Waals surface area contributed by atoms with Crippen LogP contribution in [-0.4, -0.2) is 27.9 Å². The van der Waals surface area contributed by atoms with Gasteiger partial charge in [-0.15, -0.1) is 0 Å². The van der Waals surface area contributed by atoms with Gasteiger partial charge in [0.2, 0.25) is 15.9 Å². The lowest BCUT2D eigenvalue weighted by atomic mass is 10.2. The van der Waals surface area contributed by atoms with Gasteiger partial charge in [0, 0.05) is 20.0 Å². The minimum absolute atomic E-state index is 0.0191. The minimum atomic E-state index is -3.84. The van der Waals surface area contributed by atoms with Crippen LogP contribution in [0.25, 0.3) is 0 Å². The predicted molar refractivity (Wildman–Crippen MR) is 70.0 cm³/mol. The number of carbonyl (C=O) groups excluding carboxylic acids is 1. The van der Waals surface area contributed by atoms with Crippen molar-refractivity contribution in [1.29, 1.82) is 5.26 Å². The van der Waals surface area contributed by atoms with Crippen molar-refractivity contribution in [2.45, 2.75) is 11.3 Å². The number of rotatable bonds is 5. The maximum Gasteiger partial charge on any atom is 0.242 e. The molecule has 102 valence electrons. The summed E-state index contributed by atoms with van der Waals surface area (Å²) in [5.74, 6) is -0.278. The van der Waals surface area contributed by atoms with Crippen molar-refractivity contribution in [1.82, 2.24) is 10.0 Å². The van der Waals surface area contributed by atoms with E-state index in [1.165, 1.54) is 25.2 Å². The highest BCUT2D eigenvalue weighted by Crippen LogP contribution is 2.22. The fourth-order valence-electron chi connectivity index (χ4n) is 1.28. The molecule has 0 heterocycles. The number of nitriles is 1. The Bertz CT molecular complexity index is 623. The summed E-state index contributed by atoms with van der Waals surface area (Å²) in [6, 6.07) is 5.78. The average molecular weight is 302 g/mol. The third kappa shape index (κ3) is 4.21. The molecule has 0 unspecified atom stereocenters. The molecule has 19 heavy (non-hydrogen) atoms. The molecular weight excluding hydrogens is 290 g/mol. The highest BCUT2D eigenvalue weighted by Gasteiger charge is 2.18. The molecule has 8 heteroatoms. The summed E-state index contributed by atoms with van der Waals surface area (Å²) in [6.07, 6.45) is 0.0191. The van der Waals surface area contributed by atoms with Gasteiger partial charge in [-0.3, -0.25) is 4.79 Å². The van der Waals surface area contributed by atoms with E-state index in [-0.39, 0.29) is 34.4 Å². The second-order valence-electron chi connectivity index (χ2n) is 3.58. The van der Waals surface area contributed by atoms with Gasteiger partial charge in [-0.1, -0.05) is 11.6 Å². The van der Waals surface area contributed by atoms with Crippen LogP contribution in [0.3, 0.4) is 0 Å². The molecule has 2 N–H and O–H groups in total. The Labute approximate surface area is 116 Å². The van der Waals surface area contributed by atoms with Gasteiger partial charge in [0.05, 0.1) is 16.7 Å². The molecule has 1 amide bonds. The van der Waals surface area contributed by atoms with Crippen molar-refractivity contribution in [2.24, 2.45) is 0 Å². The molecule has 0 saturated heterocycles. The summed E-state index contributed by atoms with van der Waals surface area (Å²) in [5.41, 5.74) is 0.191. The van der Waals surface area contributed by atoms with Crippen molar-refractivity contribution in [3.8, 4) is 6.07 Å². The zero-order valence-corrected chi connectivity index (χ0v) is 11.7.